The maximum absolute atomic E-state index is 12.0. The van der Waals surface area contributed by atoms with Crippen molar-refractivity contribution in [2.45, 2.75) is 43.9 Å². The third kappa shape index (κ3) is 3.29. The molecule has 0 N–H and O–H groups in total. The Morgan fingerprint density at radius 3 is 2.64 bits per heavy atom. The quantitative estimate of drug-likeness (QED) is 0.714. The first-order valence-electron chi connectivity index (χ1n) is 7.94. The van der Waals surface area contributed by atoms with Crippen LogP contribution in [0.4, 0.5) is 0 Å². The van der Waals surface area contributed by atoms with E-state index in [0.717, 1.165) is 38.8 Å². The Kier molecular flexibility index (Phi) is 4.72. The van der Waals surface area contributed by atoms with E-state index >= 15 is 0 Å². The minimum Gasteiger partial charge on any atom is -0.372 e. The molecular weight excluding hydrogens is 308 g/mol. The molecule has 0 radical (unpaired) electrons. The Morgan fingerprint density at radius 1 is 1.23 bits per heavy atom. The fourth-order valence-corrected chi connectivity index (χ4v) is 4.83. The van der Waals surface area contributed by atoms with E-state index in [0.29, 0.717) is 13.2 Å². The molecule has 2 aliphatic heterocycles. The molecule has 8 heteroatoms. The lowest BCUT2D eigenvalue weighted by Crippen LogP contribution is -2.53. The number of likely N-dealkylation sites (tertiary alicyclic amines) is 1. The number of carbonyl (C=O) groups is 1. The normalized spacial score (nSPS) is 33.1. The van der Waals surface area contributed by atoms with Gasteiger partial charge in [0.1, 0.15) is 12.7 Å². The standard InChI is InChI=1S/C14H24N2O5S/c1-22(18,19)16-8-9-20-14-11(16)4-5-12(14)21-10-13(17)15-6-2-3-7-15/h11-12,14H,2-10H2,1H3/t11-,12-,14-/m1/s1. The summed E-state index contributed by atoms with van der Waals surface area (Å²) in [6.45, 7) is 2.48. The lowest BCUT2D eigenvalue weighted by atomic mass is 10.1. The monoisotopic (exact) mass is 332 g/mol. The van der Waals surface area contributed by atoms with Gasteiger partial charge in [-0.1, -0.05) is 0 Å². The van der Waals surface area contributed by atoms with Crippen LogP contribution in [0.15, 0.2) is 0 Å². The van der Waals surface area contributed by atoms with Crippen molar-refractivity contribution in [1.29, 1.82) is 0 Å². The molecule has 3 rings (SSSR count). The van der Waals surface area contributed by atoms with Gasteiger partial charge in [-0.15, -0.1) is 0 Å². The van der Waals surface area contributed by atoms with Crippen molar-refractivity contribution >= 4 is 15.9 Å². The van der Waals surface area contributed by atoms with Crippen LogP contribution in [0.25, 0.3) is 0 Å². The fourth-order valence-electron chi connectivity index (χ4n) is 3.71. The van der Waals surface area contributed by atoms with E-state index in [9.17, 15) is 13.2 Å². The molecule has 126 valence electrons. The summed E-state index contributed by atoms with van der Waals surface area (Å²) in [4.78, 5) is 13.9. The van der Waals surface area contributed by atoms with Crippen LogP contribution in [0.5, 0.6) is 0 Å². The van der Waals surface area contributed by atoms with E-state index in [1.807, 2.05) is 4.90 Å². The largest absolute Gasteiger partial charge is 0.372 e. The molecule has 0 aromatic carbocycles. The average Bonchev–Trinajstić information content (AvgIpc) is 3.13. The number of rotatable bonds is 4. The minimum atomic E-state index is -3.23. The van der Waals surface area contributed by atoms with Crippen LogP contribution in [0.2, 0.25) is 0 Å². The van der Waals surface area contributed by atoms with Gasteiger partial charge in [0.2, 0.25) is 15.9 Å². The SMILES string of the molecule is CS(=O)(=O)N1CCO[C@@H]2[C@H]1CC[C@H]2OCC(=O)N1CCCC1. The van der Waals surface area contributed by atoms with Crippen LogP contribution < -0.4 is 0 Å². The van der Waals surface area contributed by atoms with Gasteiger partial charge in [-0.2, -0.15) is 4.31 Å². The van der Waals surface area contributed by atoms with E-state index in [1.54, 1.807) is 0 Å². The molecule has 0 spiro atoms. The average molecular weight is 332 g/mol. The highest BCUT2D eigenvalue weighted by atomic mass is 32.2. The summed E-state index contributed by atoms with van der Waals surface area (Å²) in [5, 5.41) is 0. The van der Waals surface area contributed by atoms with Gasteiger partial charge in [-0.05, 0) is 25.7 Å². The number of ether oxygens (including phenoxy) is 2. The lowest BCUT2D eigenvalue weighted by molar-refractivity contribution is -0.143. The summed E-state index contributed by atoms with van der Waals surface area (Å²) in [6, 6.07) is -0.157. The third-order valence-corrected chi connectivity index (χ3v) is 6.10. The molecule has 3 aliphatic rings. The highest BCUT2D eigenvalue weighted by Gasteiger charge is 2.46. The second-order valence-electron chi connectivity index (χ2n) is 6.29. The number of fused-ring (bicyclic) bond motifs is 1. The molecule has 0 aromatic heterocycles. The summed E-state index contributed by atoms with van der Waals surface area (Å²) in [6.07, 6.45) is 4.37. The molecule has 1 amide bonds. The summed E-state index contributed by atoms with van der Waals surface area (Å²) in [7, 11) is -3.23. The molecule has 2 heterocycles. The van der Waals surface area contributed by atoms with Crippen LogP contribution in [0.3, 0.4) is 0 Å². The van der Waals surface area contributed by atoms with Gasteiger partial charge < -0.3 is 14.4 Å². The van der Waals surface area contributed by atoms with E-state index in [-0.39, 0.29) is 30.8 Å². The molecule has 7 nitrogen and oxygen atoms in total. The van der Waals surface area contributed by atoms with Crippen LogP contribution in [0, 0.1) is 0 Å². The first kappa shape index (κ1) is 16.2. The number of nitrogens with zero attached hydrogens (tertiary/aromatic N) is 2. The summed E-state index contributed by atoms with van der Waals surface area (Å²) >= 11 is 0. The van der Waals surface area contributed by atoms with Crippen LogP contribution in [-0.4, -0.2) is 80.9 Å². The minimum absolute atomic E-state index is 0.0247. The molecule has 0 bridgehead atoms. The Labute approximate surface area is 131 Å². The van der Waals surface area contributed by atoms with E-state index < -0.39 is 10.0 Å². The van der Waals surface area contributed by atoms with Crippen LogP contribution in [-0.2, 0) is 24.3 Å². The number of hydrogen-bond acceptors (Lipinski definition) is 5. The van der Waals surface area contributed by atoms with Crippen molar-refractivity contribution in [1.82, 2.24) is 9.21 Å². The zero-order valence-electron chi connectivity index (χ0n) is 12.9. The molecule has 3 atom stereocenters. The molecule has 3 fully saturated rings. The Balaban J connectivity index is 1.56. The van der Waals surface area contributed by atoms with Gasteiger partial charge in [0, 0.05) is 19.6 Å². The molecule has 0 aromatic rings. The molecule has 1 saturated carbocycles. The third-order valence-electron chi connectivity index (χ3n) is 4.79. The van der Waals surface area contributed by atoms with Gasteiger partial charge in [0.15, 0.2) is 0 Å². The topological polar surface area (TPSA) is 76.1 Å². The van der Waals surface area contributed by atoms with Crippen molar-refractivity contribution in [3.8, 4) is 0 Å². The van der Waals surface area contributed by atoms with E-state index in [4.69, 9.17) is 9.47 Å². The first-order chi connectivity index (χ1) is 10.5. The zero-order valence-corrected chi connectivity index (χ0v) is 13.8. The lowest BCUT2D eigenvalue weighted by Gasteiger charge is -2.37. The first-order valence-corrected chi connectivity index (χ1v) is 9.79. The Bertz CT molecular complexity index is 517. The van der Waals surface area contributed by atoms with Gasteiger partial charge in [0.25, 0.3) is 0 Å². The van der Waals surface area contributed by atoms with E-state index in [2.05, 4.69) is 0 Å². The highest BCUT2D eigenvalue weighted by molar-refractivity contribution is 7.88. The number of amides is 1. The number of morpholine rings is 1. The molecule has 0 unspecified atom stereocenters. The number of sulfonamides is 1. The van der Waals surface area contributed by atoms with Gasteiger partial charge in [0.05, 0.1) is 25.0 Å². The Morgan fingerprint density at radius 2 is 1.95 bits per heavy atom. The van der Waals surface area contributed by atoms with Crippen molar-refractivity contribution in [2.75, 3.05) is 39.1 Å². The molecule has 2 saturated heterocycles. The van der Waals surface area contributed by atoms with Crippen molar-refractivity contribution < 1.29 is 22.7 Å². The predicted octanol–water partition coefficient (Wildman–Crippen LogP) is -0.183. The molecule has 22 heavy (non-hydrogen) atoms. The van der Waals surface area contributed by atoms with Gasteiger partial charge in [-0.25, -0.2) is 8.42 Å². The van der Waals surface area contributed by atoms with E-state index in [1.165, 1.54) is 10.6 Å². The number of carbonyl (C=O) groups excluding carboxylic acids is 1. The summed E-state index contributed by atoms with van der Waals surface area (Å²) in [5.74, 6) is 0.0247. The van der Waals surface area contributed by atoms with Crippen molar-refractivity contribution in [2.24, 2.45) is 0 Å². The molecular formula is C14H24N2O5S. The second kappa shape index (κ2) is 6.43. The smallest absolute Gasteiger partial charge is 0.248 e. The Hall–Kier alpha value is -0.700. The van der Waals surface area contributed by atoms with Crippen molar-refractivity contribution in [3.05, 3.63) is 0 Å². The maximum Gasteiger partial charge on any atom is 0.248 e. The highest BCUT2D eigenvalue weighted by Crippen LogP contribution is 2.33. The predicted molar refractivity (Wildman–Crippen MR) is 79.9 cm³/mol. The van der Waals surface area contributed by atoms with Crippen molar-refractivity contribution in [3.63, 3.8) is 0 Å². The summed E-state index contributed by atoms with van der Waals surface area (Å²) < 4.78 is 36.7. The molecule has 1 aliphatic carbocycles. The maximum atomic E-state index is 12.0. The van der Waals surface area contributed by atoms with Crippen LogP contribution >= 0.6 is 0 Å². The fraction of sp³-hybridized carbons (Fsp3) is 0.929. The number of hydrogen-bond donors (Lipinski definition) is 0. The zero-order chi connectivity index (χ0) is 15.7. The summed E-state index contributed by atoms with van der Waals surface area (Å²) in [5.41, 5.74) is 0. The van der Waals surface area contributed by atoms with Gasteiger partial charge in [-0.3, -0.25) is 4.79 Å². The van der Waals surface area contributed by atoms with Gasteiger partial charge >= 0.3 is 0 Å². The van der Waals surface area contributed by atoms with Crippen LogP contribution in [0.1, 0.15) is 25.7 Å². The second-order valence-corrected chi connectivity index (χ2v) is 8.23.